The Kier molecular flexibility index (Phi) is 7.70. The molecule has 164 valence electrons. The SMILES string of the molecule is CCC(CC)(c1ccc(C(=O)OC)cc1)c1ccc(OC[C@@H](O)C(C)(C)C)c(C)c1. The van der Waals surface area contributed by atoms with Crippen molar-refractivity contribution >= 4 is 5.97 Å². The lowest BCUT2D eigenvalue weighted by Gasteiger charge is -2.34. The summed E-state index contributed by atoms with van der Waals surface area (Å²) in [5, 5.41) is 10.3. The highest BCUT2D eigenvalue weighted by Crippen LogP contribution is 2.40. The van der Waals surface area contributed by atoms with Crippen molar-refractivity contribution in [3.8, 4) is 5.75 Å². The van der Waals surface area contributed by atoms with Crippen molar-refractivity contribution in [1.82, 2.24) is 0 Å². The molecular formula is C26H36O4. The molecule has 1 N–H and O–H groups in total. The summed E-state index contributed by atoms with van der Waals surface area (Å²) in [6.07, 6.45) is 1.34. The molecule has 0 aliphatic heterocycles. The average molecular weight is 413 g/mol. The molecule has 4 heteroatoms. The number of methoxy groups -OCH3 is 1. The molecule has 0 heterocycles. The van der Waals surface area contributed by atoms with Crippen molar-refractivity contribution in [3.05, 3.63) is 64.7 Å². The van der Waals surface area contributed by atoms with Gasteiger partial charge in [0.1, 0.15) is 12.4 Å². The van der Waals surface area contributed by atoms with Gasteiger partial charge in [0.2, 0.25) is 0 Å². The highest BCUT2D eigenvalue weighted by molar-refractivity contribution is 5.89. The summed E-state index contributed by atoms with van der Waals surface area (Å²) in [5.74, 6) is 0.471. The van der Waals surface area contributed by atoms with Gasteiger partial charge >= 0.3 is 5.97 Å². The van der Waals surface area contributed by atoms with Crippen LogP contribution in [0, 0.1) is 12.3 Å². The second kappa shape index (κ2) is 9.65. The quantitative estimate of drug-likeness (QED) is 0.567. The van der Waals surface area contributed by atoms with Gasteiger partial charge in [0.05, 0.1) is 18.8 Å². The van der Waals surface area contributed by atoms with Crippen LogP contribution in [0.2, 0.25) is 0 Å². The zero-order valence-corrected chi connectivity index (χ0v) is 19.4. The summed E-state index contributed by atoms with van der Waals surface area (Å²) in [6.45, 7) is 12.7. The minimum absolute atomic E-state index is 0.150. The normalized spacial score (nSPS) is 13.1. The fourth-order valence-electron chi connectivity index (χ4n) is 3.80. The second-order valence-corrected chi connectivity index (χ2v) is 9.03. The van der Waals surface area contributed by atoms with Crippen molar-refractivity contribution in [2.24, 2.45) is 5.41 Å². The predicted octanol–water partition coefficient (Wildman–Crippen LogP) is 5.67. The average Bonchev–Trinajstić information content (AvgIpc) is 2.73. The van der Waals surface area contributed by atoms with E-state index in [0.29, 0.717) is 5.56 Å². The molecule has 0 aliphatic rings. The lowest BCUT2D eigenvalue weighted by Crippen LogP contribution is -2.32. The minimum atomic E-state index is -0.532. The second-order valence-electron chi connectivity index (χ2n) is 9.03. The number of aliphatic hydroxyl groups excluding tert-OH is 1. The molecule has 0 fully saturated rings. The van der Waals surface area contributed by atoms with Crippen LogP contribution in [0.15, 0.2) is 42.5 Å². The van der Waals surface area contributed by atoms with Crippen LogP contribution in [0.1, 0.15) is 74.5 Å². The summed E-state index contributed by atoms with van der Waals surface area (Å²) in [4.78, 5) is 11.8. The van der Waals surface area contributed by atoms with Gasteiger partial charge in [0, 0.05) is 5.41 Å². The molecule has 4 nitrogen and oxygen atoms in total. The van der Waals surface area contributed by atoms with E-state index in [1.54, 1.807) is 0 Å². The fraction of sp³-hybridized carbons (Fsp3) is 0.500. The number of ether oxygens (including phenoxy) is 2. The van der Waals surface area contributed by atoms with E-state index in [-0.39, 0.29) is 23.4 Å². The molecule has 1 atom stereocenters. The van der Waals surface area contributed by atoms with Crippen molar-refractivity contribution in [2.45, 2.75) is 65.9 Å². The Morgan fingerprint density at radius 1 is 1.00 bits per heavy atom. The van der Waals surface area contributed by atoms with Gasteiger partial charge in [-0.05, 0) is 60.1 Å². The zero-order valence-electron chi connectivity index (χ0n) is 19.4. The van der Waals surface area contributed by atoms with Crippen LogP contribution in [-0.2, 0) is 10.2 Å². The topological polar surface area (TPSA) is 55.8 Å². The Hall–Kier alpha value is -2.33. The van der Waals surface area contributed by atoms with E-state index < -0.39 is 6.10 Å². The zero-order chi connectivity index (χ0) is 22.5. The largest absolute Gasteiger partial charge is 0.491 e. The van der Waals surface area contributed by atoms with Gasteiger partial charge < -0.3 is 14.6 Å². The summed E-state index contributed by atoms with van der Waals surface area (Å²) >= 11 is 0. The molecule has 0 saturated carbocycles. The molecule has 0 amide bonds. The third kappa shape index (κ3) is 5.04. The maximum absolute atomic E-state index is 11.8. The maximum atomic E-state index is 11.8. The van der Waals surface area contributed by atoms with Crippen molar-refractivity contribution < 1.29 is 19.4 Å². The Balaban J connectivity index is 2.33. The number of aliphatic hydroxyl groups is 1. The monoisotopic (exact) mass is 412 g/mol. The molecule has 0 bridgehead atoms. The van der Waals surface area contributed by atoms with Crippen LogP contribution in [0.25, 0.3) is 0 Å². The van der Waals surface area contributed by atoms with E-state index >= 15 is 0 Å². The number of aryl methyl sites for hydroxylation is 1. The molecule has 0 aromatic heterocycles. The highest BCUT2D eigenvalue weighted by atomic mass is 16.5. The van der Waals surface area contributed by atoms with Gasteiger partial charge in [0.15, 0.2) is 0 Å². The number of carbonyl (C=O) groups excluding carboxylic acids is 1. The first-order valence-corrected chi connectivity index (χ1v) is 10.7. The van der Waals surface area contributed by atoms with Crippen LogP contribution in [0.5, 0.6) is 5.75 Å². The summed E-state index contributed by atoms with van der Waals surface area (Å²) in [5.41, 5.74) is 3.63. The number of carbonyl (C=O) groups is 1. The van der Waals surface area contributed by atoms with Crippen LogP contribution in [-0.4, -0.2) is 30.9 Å². The van der Waals surface area contributed by atoms with Crippen LogP contribution >= 0.6 is 0 Å². The molecular weight excluding hydrogens is 376 g/mol. The van der Waals surface area contributed by atoms with E-state index in [1.165, 1.54) is 18.2 Å². The molecule has 0 spiro atoms. The molecule has 30 heavy (non-hydrogen) atoms. The van der Waals surface area contributed by atoms with Gasteiger partial charge in [-0.1, -0.05) is 58.9 Å². The third-order valence-electron chi connectivity index (χ3n) is 6.19. The molecule has 0 unspecified atom stereocenters. The predicted molar refractivity (Wildman–Crippen MR) is 121 cm³/mol. The van der Waals surface area contributed by atoms with E-state index in [1.807, 2.05) is 58.0 Å². The number of hydrogen-bond acceptors (Lipinski definition) is 4. The van der Waals surface area contributed by atoms with Gasteiger partial charge in [-0.2, -0.15) is 0 Å². The van der Waals surface area contributed by atoms with Crippen molar-refractivity contribution in [2.75, 3.05) is 13.7 Å². The Morgan fingerprint density at radius 2 is 1.57 bits per heavy atom. The molecule has 0 saturated heterocycles. The van der Waals surface area contributed by atoms with E-state index in [0.717, 1.165) is 24.2 Å². The van der Waals surface area contributed by atoms with Crippen LogP contribution in [0.4, 0.5) is 0 Å². The van der Waals surface area contributed by atoms with Gasteiger partial charge in [-0.3, -0.25) is 0 Å². The highest BCUT2D eigenvalue weighted by Gasteiger charge is 2.31. The third-order valence-corrected chi connectivity index (χ3v) is 6.19. The van der Waals surface area contributed by atoms with Crippen molar-refractivity contribution in [3.63, 3.8) is 0 Å². The first kappa shape index (κ1) is 23.9. The van der Waals surface area contributed by atoms with Crippen LogP contribution < -0.4 is 4.74 Å². The summed E-state index contributed by atoms with van der Waals surface area (Å²) in [7, 11) is 1.39. The summed E-state index contributed by atoms with van der Waals surface area (Å²) < 4.78 is 10.7. The fourth-order valence-corrected chi connectivity index (χ4v) is 3.80. The lowest BCUT2D eigenvalue weighted by atomic mass is 9.70. The molecule has 2 aromatic carbocycles. The standard InChI is InChI=1S/C26H36O4/c1-8-26(9-2,20-12-10-19(11-13-20)24(28)29-7)21-14-15-22(18(3)16-21)30-17-23(27)25(4,5)6/h10-16,23,27H,8-9,17H2,1-7H3/t23-/m1/s1. The Morgan fingerprint density at radius 3 is 2.03 bits per heavy atom. The smallest absolute Gasteiger partial charge is 0.337 e. The number of esters is 1. The minimum Gasteiger partial charge on any atom is -0.491 e. The lowest BCUT2D eigenvalue weighted by molar-refractivity contribution is 0.0216. The first-order chi connectivity index (χ1) is 14.1. The van der Waals surface area contributed by atoms with Crippen LogP contribution in [0.3, 0.4) is 0 Å². The van der Waals surface area contributed by atoms with Gasteiger partial charge in [0.25, 0.3) is 0 Å². The Labute approximate surface area is 181 Å². The van der Waals surface area contributed by atoms with E-state index in [4.69, 9.17) is 9.47 Å². The number of rotatable bonds is 8. The molecule has 0 aliphatic carbocycles. The number of hydrogen-bond donors (Lipinski definition) is 1. The van der Waals surface area contributed by atoms with Crippen molar-refractivity contribution in [1.29, 1.82) is 0 Å². The first-order valence-electron chi connectivity index (χ1n) is 10.7. The van der Waals surface area contributed by atoms with E-state index in [2.05, 4.69) is 26.0 Å². The van der Waals surface area contributed by atoms with Gasteiger partial charge in [-0.25, -0.2) is 4.79 Å². The Bertz CT molecular complexity index is 842. The van der Waals surface area contributed by atoms with Gasteiger partial charge in [-0.15, -0.1) is 0 Å². The summed E-state index contributed by atoms with van der Waals surface area (Å²) in [6, 6.07) is 14.0. The maximum Gasteiger partial charge on any atom is 0.337 e. The molecule has 2 rings (SSSR count). The number of benzene rings is 2. The molecule has 2 aromatic rings. The molecule has 0 radical (unpaired) electrons. The van der Waals surface area contributed by atoms with E-state index in [9.17, 15) is 9.90 Å².